The standard InChI is InChI=1S/C18H25N3O4/c1-13(22)20(2)11-14-6-4-8-16(10-14)19-17(23)15-7-5-9-21(12-15)18(24)25-3/h4,6,8,10,15H,5,7,9,11-12H2,1-3H3,(H,19,23)/t15-/m1/s1. The monoisotopic (exact) mass is 347 g/mol. The number of nitrogens with zero attached hydrogens (tertiary/aromatic N) is 2. The molecule has 0 saturated carbocycles. The second-order valence-corrected chi connectivity index (χ2v) is 6.32. The Morgan fingerprint density at radius 1 is 1.36 bits per heavy atom. The number of anilines is 1. The molecule has 1 N–H and O–H groups in total. The summed E-state index contributed by atoms with van der Waals surface area (Å²) in [5.74, 6) is -0.373. The van der Waals surface area contributed by atoms with Gasteiger partial charge in [-0.15, -0.1) is 0 Å². The lowest BCUT2D eigenvalue weighted by atomic mass is 9.97. The Hall–Kier alpha value is -2.57. The van der Waals surface area contributed by atoms with Gasteiger partial charge in [-0.3, -0.25) is 9.59 Å². The highest BCUT2D eigenvalue weighted by atomic mass is 16.5. The smallest absolute Gasteiger partial charge is 0.409 e. The van der Waals surface area contributed by atoms with Crippen molar-refractivity contribution in [3.8, 4) is 0 Å². The molecule has 1 atom stereocenters. The number of amides is 3. The summed E-state index contributed by atoms with van der Waals surface area (Å²) >= 11 is 0. The first kappa shape index (κ1) is 18.8. The minimum Gasteiger partial charge on any atom is -0.453 e. The van der Waals surface area contributed by atoms with Gasteiger partial charge in [0.25, 0.3) is 0 Å². The van der Waals surface area contributed by atoms with Crippen molar-refractivity contribution in [1.82, 2.24) is 9.80 Å². The lowest BCUT2D eigenvalue weighted by Gasteiger charge is -2.30. The summed E-state index contributed by atoms with van der Waals surface area (Å²) in [5, 5.41) is 2.91. The fraction of sp³-hybridized carbons (Fsp3) is 0.500. The molecule has 2 rings (SSSR count). The van der Waals surface area contributed by atoms with Gasteiger partial charge in [0.2, 0.25) is 11.8 Å². The van der Waals surface area contributed by atoms with E-state index in [4.69, 9.17) is 4.74 Å². The first-order valence-corrected chi connectivity index (χ1v) is 8.35. The maximum atomic E-state index is 12.5. The van der Waals surface area contributed by atoms with Crippen LogP contribution in [0.1, 0.15) is 25.3 Å². The number of carbonyl (C=O) groups is 3. The third-order valence-corrected chi connectivity index (χ3v) is 4.38. The van der Waals surface area contributed by atoms with Gasteiger partial charge in [-0.2, -0.15) is 0 Å². The highest BCUT2D eigenvalue weighted by Gasteiger charge is 2.28. The maximum absolute atomic E-state index is 12.5. The molecule has 7 nitrogen and oxygen atoms in total. The molecule has 136 valence electrons. The average Bonchev–Trinajstić information content (AvgIpc) is 2.61. The van der Waals surface area contributed by atoms with Gasteiger partial charge < -0.3 is 19.9 Å². The molecule has 0 aliphatic carbocycles. The van der Waals surface area contributed by atoms with Crippen molar-refractivity contribution in [1.29, 1.82) is 0 Å². The number of likely N-dealkylation sites (tertiary alicyclic amines) is 1. The second kappa shape index (κ2) is 8.50. The van der Waals surface area contributed by atoms with Crippen molar-refractivity contribution in [2.75, 3.05) is 32.6 Å². The van der Waals surface area contributed by atoms with Gasteiger partial charge in [0.15, 0.2) is 0 Å². The van der Waals surface area contributed by atoms with Crippen molar-refractivity contribution in [2.24, 2.45) is 5.92 Å². The number of hydrogen-bond acceptors (Lipinski definition) is 4. The zero-order chi connectivity index (χ0) is 18.4. The third kappa shape index (κ3) is 5.20. The van der Waals surface area contributed by atoms with E-state index in [-0.39, 0.29) is 17.7 Å². The minimum atomic E-state index is -0.397. The Kier molecular flexibility index (Phi) is 6.38. The number of hydrogen-bond donors (Lipinski definition) is 1. The summed E-state index contributed by atoms with van der Waals surface area (Å²) in [5.41, 5.74) is 1.63. The molecule has 1 aliphatic rings. The number of nitrogens with one attached hydrogen (secondary N) is 1. The lowest BCUT2D eigenvalue weighted by molar-refractivity contribution is -0.128. The lowest BCUT2D eigenvalue weighted by Crippen LogP contribution is -2.43. The van der Waals surface area contributed by atoms with Crippen LogP contribution in [0.15, 0.2) is 24.3 Å². The largest absolute Gasteiger partial charge is 0.453 e. The van der Waals surface area contributed by atoms with Crippen molar-refractivity contribution in [3.05, 3.63) is 29.8 Å². The summed E-state index contributed by atoms with van der Waals surface area (Å²) in [6.07, 6.45) is 1.12. The summed E-state index contributed by atoms with van der Waals surface area (Å²) in [6.45, 7) is 2.98. The summed E-state index contributed by atoms with van der Waals surface area (Å²) in [6, 6.07) is 7.43. The van der Waals surface area contributed by atoms with Crippen LogP contribution < -0.4 is 5.32 Å². The van der Waals surface area contributed by atoms with Crippen molar-refractivity contribution in [3.63, 3.8) is 0 Å². The molecule has 0 unspecified atom stereocenters. The van der Waals surface area contributed by atoms with Crippen LogP contribution in [0.3, 0.4) is 0 Å². The van der Waals surface area contributed by atoms with Gasteiger partial charge in [-0.25, -0.2) is 4.79 Å². The van der Waals surface area contributed by atoms with E-state index >= 15 is 0 Å². The van der Waals surface area contributed by atoms with Gasteiger partial charge in [-0.05, 0) is 30.5 Å². The molecule has 1 aliphatic heterocycles. The van der Waals surface area contributed by atoms with Crippen LogP contribution in [0.5, 0.6) is 0 Å². The summed E-state index contributed by atoms with van der Waals surface area (Å²) < 4.78 is 4.73. The Bertz CT molecular complexity index is 647. The van der Waals surface area contributed by atoms with E-state index in [0.717, 1.165) is 18.4 Å². The number of piperidine rings is 1. The van der Waals surface area contributed by atoms with E-state index in [1.807, 2.05) is 24.3 Å². The second-order valence-electron chi connectivity index (χ2n) is 6.32. The topological polar surface area (TPSA) is 79.0 Å². The molecule has 7 heteroatoms. The Balaban J connectivity index is 1.98. The zero-order valence-electron chi connectivity index (χ0n) is 14.9. The zero-order valence-corrected chi connectivity index (χ0v) is 14.9. The average molecular weight is 347 g/mol. The molecule has 3 amide bonds. The predicted molar refractivity (Wildman–Crippen MR) is 93.9 cm³/mol. The summed E-state index contributed by atoms with van der Waals surface area (Å²) in [4.78, 5) is 38.7. The maximum Gasteiger partial charge on any atom is 0.409 e. The molecule has 1 aromatic carbocycles. The highest BCUT2D eigenvalue weighted by Crippen LogP contribution is 2.20. The van der Waals surface area contributed by atoms with Crippen LogP contribution >= 0.6 is 0 Å². The van der Waals surface area contributed by atoms with E-state index in [0.29, 0.717) is 25.3 Å². The SMILES string of the molecule is COC(=O)N1CCC[C@@H](C(=O)Nc2cccc(CN(C)C(C)=O)c2)C1. The Labute approximate surface area is 147 Å². The number of carbonyl (C=O) groups excluding carboxylic acids is 3. The molecule has 0 aromatic heterocycles. The van der Waals surface area contributed by atoms with Crippen LogP contribution in [0.4, 0.5) is 10.5 Å². The van der Waals surface area contributed by atoms with Gasteiger partial charge in [0.05, 0.1) is 13.0 Å². The molecule has 25 heavy (non-hydrogen) atoms. The fourth-order valence-corrected chi connectivity index (χ4v) is 2.86. The molecule has 1 aromatic rings. The van der Waals surface area contributed by atoms with Gasteiger partial charge in [0.1, 0.15) is 0 Å². The van der Waals surface area contributed by atoms with Crippen molar-refractivity contribution < 1.29 is 19.1 Å². The number of benzene rings is 1. The molecule has 1 heterocycles. The van der Waals surface area contributed by atoms with E-state index in [1.165, 1.54) is 14.0 Å². The molecule has 1 saturated heterocycles. The summed E-state index contributed by atoms with van der Waals surface area (Å²) in [7, 11) is 3.08. The normalized spacial score (nSPS) is 16.9. The van der Waals surface area contributed by atoms with Gasteiger partial charge in [0, 0.05) is 39.3 Å². The highest BCUT2D eigenvalue weighted by molar-refractivity contribution is 5.93. The third-order valence-electron chi connectivity index (χ3n) is 4.38. The molecular weight excluding hydrogens is 322 g/mol. The van der Waals surface area contributed by atoms with Gasteiger partial charge in [-0.1, -0.05) is 12.1 Å². The van der Waals surface area contributed by atoms with Crippen LogP contribution in [0, 0.1) is 5.92 Å². The van der Waals surface area contributed by atoms with Crippen molar-refractivity contribution in [2.45, 2.75) is 26.3 Å². The fourth-order valence-electron chi connectivity index (χ4n) is 2.86. The number of methoxy groups -OCH3 is 1. The molecule has 0 spiro atoms. The first-order chi connectivity index (χ1) is 11.9. The molecule has 0 radical (unpaired) electrons. The van der Waals surface area contributed by atoms with E-state index in [2.05, 4.69) is 5.32 Å². The number of rotatable bonds is 4. The first-order valence-electron chi connectivity index (χ1n) is 8.35. The number of ether oxygens (including phenoxy) is 1. The van der Waals surface area contributed by atoms with E-state index in [9.17, 15) is 14.4 Å². The van der Waals surface area contributed by atoms with E-state index in [1.54, 1.807) is 16.8 Å². The molecule has 0 bridgehead atoms. The Morgan fingerprint density at radius 3 is 2.80 bits per heavy atom. The van der Waals surface area contributed by atoms with Crippen LogP contribution in [-0.4, -0.2) is 55.0 Å². The van der Waals surface area contributed by atoms with Crippen LogP contribution in [0.2, 0.25) is 0 Å². The minimum absolute atomic E-state index is 0.0143. The van der Waals surface area contributed by atoms with E-state index < -0.39 is 6.09 Å². The molecular formula is C18H25N3O4. The van der Waals surface area contributed by atoms with Crippen LogP contribution in [-0.2, 0) is 20.9 Å². The quantitative estimate of drug-likeness (QED) is 0.904. The predicted octanol–water partition coefficient (Wildman–Crippen LogP) is 2.08. The van der Waals surface area contributed by atoms with Crippen LogP contribution in [0.25, 0.3) is 0 Å². The van der Waals surface area contributed by atoms with Crippen molar-refractivity contribution >= 4 is 23.6 Å². The van der Waals surface area contributed by atoms with Gasteiger partial charge >= 0.3 is 6.09 Å². The molecule has 1 fully saturated rings. The Morgan fingerprint density at radius 2 is 2.12 bits per heavy atom.